The molecule has 0 spiro atoms. The SMILES string of the molecule is N[C@@H](CO)C(=O)N[C@@H](CO)C(=O)N[C@@H](Cc1cnc[nH]1)C(=O)N[C@@H](Cc1cnc[nH]1)C(=O)N[C@@H](Cc1cnc[nH]1)C(=O)N[C@@H](Cc1cnc[nH]1)C(=O)O. The van der Waals surface area contributed by atoms with Crippen molar-refractivity contribution in [3.8, 4) is 0 Å². The first kappa shape index (κ1) is 39.3. The number of imidazole rings is 4. The van der Waals surface area contributed by atoms with E-state index in [0.29, 0.717) is 22.8 Å². The molecule has 0 aromatic carbocycles. The third-order valence-electron chi connectivity index (χ3n) is 7.78. The number of aliphatic hydroxyl groups excluding tert-OH is 2. The lowest BCUT2D eigenvalue weighted by Gasteiger charge is -2.26. The fourth-order valence-corrected chi connectivity index (χ4v) is 4.94. The van der Waals surface area contributed by atoms with Crippen LogP contribution in [-0.2, 0) is 54.5 Å². The molecular weight excluding hydrogens is 700 g/mol. The second-order valence-electron chi connectivity index (χ2n) is 11.7. The minimum absolute atomic E-state index is 0.136. The Balaban J connectivity index is 1.56. The van der Waals surface area contributed by atoms with Crippen LogP contribution in [0.4, 0.5) is 0 Å². The van der Waals surface area contributed by atoms with Crippen LogP contribution in [0.15, 0.2) is 50.1 Å². The van der Waals surface area contributed by atoms with Crippen molar-refractivity contribution in [2.75, 3.05) is 13.2 Å². The topological polar surface area (TPSA) is 364 Å². The van der Waals surface area contributed by atoms with E-state index in [2.05, 4.69) is 66.5 Å². The van der Waals surface area contributed by atoms with Gasteiger partial charge in [-0.3, -0.25) is 24.0 Å². The summed E-state index contributed by atoms with van der Waals surface area (Å²) in [6.45, 7) is -1.62. The molecule has 0 saturated heterocycles. The molecule has 0 radical (unpaired) electrons. The Labute approximate surface area is 299 Å². The third-order valence-corrected chi connectivity index (χ3v) is 7.78. The second kappa shape index (κ2) is 19.2. The van der Waals surface area contributed by atoms with Crippen molar-refractivity contribution in [3.05, 3.63) is 72.9 Å². The molecule has 23 nitrogen and oxygen atoms in total. The summed E-state index contributed by atoms with van der Waals surface area (Å²) < 4.78 is 0. The van der Waals surface area contributed by atoms with Crippen LogP contribution in [0.5, 0.6) is 0 Å². The summed E-state index contributed by atoms with van der Waals surface area (Å²) in [6, 6.07) is -8.53. The van der Waals surface area contributed by atoms with Crippen LogP contribution in [0.2, 0.25) is 0 Å². The predicted octanol–water partition coefficient (Wildman–Crippen LogP) is -5.33. The zero-order valence-corrected chi connectivity index (χ0v) is 28.0. The van der Waals surface area contributed by atoms with Crippen molar-refractivity contribution in [1.82, 2.24) is 66.5 Å². The van der Waals surface area contributed by atoms with Crippen molar-refractivity contribution >= 4 is 35.5 Å². The van der Waals surface area contributed by atoms with Gasteiger partial charge >= 0.3 is 5.97 Å². The van der Waals surface area contributed by atoms with E-state index in [1.807, 2.05) is 0 Å². The lowest BCUT2D eigenvalue weighted by Crippen LogP contribution is -2.61. The summed E-state index contributed by atoms with van der Waals surface area (Å²) in [6.07, 6.45) is 10.4. The number of carbonyl (C=O) groups is 6. The molecule has 23 heteroatoms. The van der Waals surface area contributed by atoms with Crippen molar-refractivity contribution in [1.29, 1.82) is 0 Å². The maximum absolute atomic E-state index is 13.9. The molecule has 0 saturated carbocycles. The number of aliphatic carboxylic acids is 1. The summed E-state index contributed by atoms with van der Waals surface area (Å²) in [5.41, 5.74) is 7.16. The smallest absolute Gasteiger partial charge is 0.326 e. The number of nitrogens with two attached hydrogens (primary N) is 1. The van der Waals surface area contributed by atoms with Crippen LogP contribution < -0.4 is 32.3 Å². The zero-order valence-electron chi connectivity index (χ0n) is 28.0. The van der Waals surface area contributed by atoms with E-state index in [1.165, 1.54) is 50.1 Å². The summed E-state index contributed by atoms with van der Waals surface area (Å²) in [5.74, 6) is -5.86. The number of H-pyrrole nitrogens is 4. The van der Waals surface area contributed by atoms with Gasteiger partial charge in [-0.05, 0) is 0 Å². The number of aliphatic hydroxyl groups is 2. The lowest BCUT2D eigenvalue weighted by atomic mass is 10.1. The monoisotopic (exact) mass is 740 g/mol. The Hall–Kier alpha value is -6.46. The Morgan fingerprint density at radius 1 is 0.509 bits per heavy atom. The van der Waals surface area contributed by atoms with Gasteiger partial charge in [-0.1, -0.05) is 0 Å². The molecular formula is C30H40N14O9. The van der Waals surface area contributed by atoms with Gasteiger partial charge in [0.25, 0.3) is 0 Å². The van der Waals surface area contributed by atoms with E-state index < -0.39 is 85.0 Å². The normalized spacial score (nSPS) is 14.5. The highest BCUT2D eigenvalue weighted by Gasteiger charge is 2.34. The first-order valence-corrected chi connectivity index (χ1v) is 16.1. The number of rotatable bonds is 21. The van der Waals surface area contributed by atoms with Crippen molar-refractivity contribution < 1.29 is 44.1 Å². The Kier molecular flexibility index (Phi) is 14.3. The molecule has 0 aliphatic carbocycles. The molecule has 14 N–H and O–H groups in total. The maximum atomic E-state index is 13.9. The highest BCUT2D eigenvalue weighted by atomic mass is 16.4. The van der Waals surface area contributed by atoms with Crippen LogP contribution in [0.25, 0.3) is 0 Å². The van der Waals surface area contributed by atoms with Gasteiger partial charge in [0.2, 0.25) is 29.5 Å². The zero-order chi connectivity index (χ0) is 38.3. The molecule has 4 rings (SSSR count). The fourth-order valence-electron chi connectivity index (χ4n) is 4.94. The number of nitrogens with one attached hydrogen (secondary N) is 9. The van der Waals surface area contributed by atoms with E-state index >= 15 is 0 Å². The molecule has 4 aromatic heterocycles. The van der Waals surface area contributed by atoms with Gasteiger partial charge in [0.1, 0.15) is 36.3 Å². The van der Waals surface area contributed by atoms with Crippen LogP contribution in [0, 0.1) is 0 Å². The molecule has 284 valence electrons. The van der Waals surface area contributed by atoms with E-state index in [4.69, 9.17) is 10.8 Å². The van der Waals surface area contributed by atoms with Gasteiger partial charge in [0.15, 0.2) is 0 Å². The average Bonchev–Trinajstić information content (AvgIpc) is 3.99. The molecule has 0 aliphatic heterocycles. The molecule has 0 unspecified atom stereocenters. The molecule has 0 bridgehead atoms. The van der Waals surface area contributed by atoms with Gasteiger partial charge in [-0.2, -0.15) is 0 Å². The number of hydrogen-bond donors (Lipinski definition) is 13. The van der Waals surface area contributed by atoms with Gasteiger partial charge < -0.3 is 67.6 Å². The minimum Gasteiger partial charge on any atom is -0.480 e. The fraction of sp³-hybridized carbons (Fsp3) is 0.400. The second-order valence-corrected chi connectivity index (χ2v) is 11.7. The van der Waals surface area contributed by atoms with E-state index in [0.717, 1.165) is 0 Å². The number of aromatic nitrogens is 8. The number of nitrogens with zero attached hydrogens (tertiary/aromatic N) is 4. The van der Waals surface area contributed by atoms with Gasteiger partial charge in [-0.25, -0.2) is 24.7 Å². The first-order valence-electron chi connectivity index (χ1n) is 16.1. The van der Waals surface area contributed by atoms with Crippen molar-refractivity contribution in [2.24, 2.45) is 5.73 Å². The minimum atomic E-state index is -1.56. The van der Waals surface area contributed by atoms with Crippen LogP contribution in [0.1, 0.15) is 22.8 Å². The summed E-state index contributed by atoms with van der Waals surface area (Å²) in [7, 11) is 0. The van der Waals surface area contributed by atoms with Gasteiger partial charge in [0, 0.05) is 73.2 Å². The van der Waals surface area contributed by atoms with Crippen molar-refractivity contribution in [3.63, 3.8) is 0 Å². The van der Waals surface area contributed by atoms with Gasteiger partial charge in [0.05, 0.1) is 38.5 Å². The largest absolute Gasteiger partial charge is 0.480 e. The molecule has 0 fully saturated rings. The summed E-state index contributed by atoms with van der Waals surface area (Å²) >= 11 is 0. The predicted molar refractivity (Wildman–Crippen MR) is 179 cm³/mol. The van der Waals surface area contributed by atoms with E-state index in [-0.39, 0.29) is 25.7 Å². The van der Waals surface area contributed by atoms with Crippen LogP contribution in [-0.4, -0.2) is 140 Å². The third kappa shape index (κ3) is 11.8. The summed E-state index contributed by atoms with van der Waals surface area (Å²) in [5, 5.41) is 41.0. The molecule has 5 amide bonds. The Morgan fingerprint density at radius 3 is 1.09 bits per heavy atom. The van der Waals surface area contributed by atoms with Gasteiger partial charge in [-0.15, -0.1) is 0 Å². The van der Waals surface area contributed by atoms with Crippen LogP contribution in [0.3, 0.4) is 0 Å². The van der Waals surface area contributed by atoms with E-state index in [9.17, 15) is 39.0 Å². The van der Waals surface area contributed by atoms with E-state index in [1.54, 1.807) is 0 Å². The highest BCUT2D eigenvalue weighted by Crippen LogP contribution is 2.07. The molecule has 4 aromatic rings. The number of carboxylic acid groups (broad SMARTS) is 1. The molecule has 53 heavy (non-hydrogen) atoms. The van der Waals surface area contributed by atoms with Crippen molar-refractivity contribution in [2.45, 2.75) is 61.9 Å². The Bertz CT molecular complexity index is 1760. The maximum Gasteiger partial charge on any atom is 0.326 e. The summed E-state index contributed by atoms with van der Waals surface area (Å²) in [4.78, 5) is 106. The standard InChI is InChI=1S/C30H40N14O9/c31-19(9-45)25(47)44-24(10-46)29(51)42-21(2-16-6-33-12-37-16)27(49)40-20(1-15-5-32-11-36-15)26(48)41-22(3-17-7-34-13-38-17)28(50)43-23(30(52)53)4-18-8-35-14-39-18/h5-8,11-14,19-24,45-46H,1-4,9-10,31H2,(H,32,36)(H,33,37)(H,34,38)(H,35,39)(H,40,49)(H,41,48)(H,42,51)(H,43,50)(H,44,47)(H,52,53)/t19-,20-,21-,22-,23-,24-/m0/s1. The Morgan fingerprint density at radius 2 is 0.811 bits per heavy atom. The highest BCUT2D eigenvalue weighted by molar-refractivity contribution is 5.96. The molecule has 0 aliphatic rings. The molecule has 6 atom stereocenters. The number of hydrogen-bond acceptors (Lipinski definition) is 13. The van der Waals surface area contributed by atoms with Crippen LogP contribution >= 0.6 is 0 Å². The quantitative estimate of drug-likeness (QED) is 0.0380. The molecule has 4 heterocycles. The average molecular weight is 741 g/mol. The number of carbonyl (C=O) groups excluding carboxylic acids is 5. The number of carboxylic acids is 1. The lowest BCUT2D eigenvalue weighted by molar-refractivity contribution is -0.142. The first-order chi connectivity index (χ1) is 25.5. The number of aromatic amines is 4. The number of amides is 5.